The molecule has 0 aliphatic heterocycles. The van der Waals surface area contributed by atoms with E-state index < -0.39 is 0 Å². The summed E-state index contributed by atoms with van der Waals surface area (Å²) in [6.07, 6.45) is 4.17. The normalized spacial score (nSPS) is 11.3. The van der Waals surface area contributed by atoms with E-state index in [1.807, 2.05) is 43.3 Å². The first-order valence-corrected chi connectivity index (χ1v) is 10.3. The third-order valence-electron chi connectivity index (χ3n) is 5.15. The van der Waals surface area contributed by atoms with E-state index in [4.69, 9.17) is 0 Å². The van der Waals surface area contributed by atoms with Gasteiger partial charge >= 0.3 is 0 Å². The molecule has 0 fully saturated rings. The van der Waals surface area contributed by atoms with Gasteiger partial charge in [0.2, 0.25) is 0 Å². The van der Waals surface area contributed by atoms with Gasteiger partial charge in [-0.3, -0.25) is 4.79 Å². The number of nitrogens with one attached hydrogen (secondary N) is 1. The number of aryl methyl sites for hydroxylation is 2. The summed E-state index contributed by atoms with van der Waals surface area (Å²) < 4.78 is 3.95. The van der Waals surface area contributed by atoms with Crippen molar-refractivity contribution in [3.05, 3.63) is 71.9 Å². The molecule has 154 valence electrons. The molecule has 0 atom stereocenters. The van der Waals surface area contributed by atoms with Crippen molar-refractivity contribution in [2.24, 2.45) is 0 Å². The lowest BCUT2D eigenvalue weighted by atomic mass is 10.1. The molecule has 30 heavy (non-hydrogen) atoms. The lowest BCUT2D eigenvalue weighted by Gasteiger charge is -2.12. The Morgan fingerprint density at radius 2 is 1.93 bits per heavy atom. The quantitative estimate of drug-likeness (QED) is 0.476. The molecule has 0 saturated carbocycles. The van der Waals surface area contributed by atoms with Crippen LogP contribution in [0.1, 0.15) is 48.1 Å². The largest absolute Gasteiger partial charge is 0.352 e. The first-order chi connectivity index (χ1) is 14.6. The molecule has 4 aromatic rings. The number of rotatable bonds is 7. The Kier molecular flexibility index (Phi) is 5.61. The van der Waals surface area contributed by atoms with E-state index in [2.05, 4.69) is 44.9 Å². The lowest BCUT2D eigenvalue weighted by Crippen LogP contribution is -2.26. The second-order valence-electron chi connectivity index (χ2n) is 7.61. The SMILES string of the molecule is Cc1nc2ccccc2n1CCCNC(=O)c1cnn(-c2ccccn2)c1C(C)C. The molecular formula is C23H26N6O. The van der Waals surface area contributed by atoms with E-state index in [1.165, 1.54) is 0 Å². The van der Waals surface area contributed by atoms with Crippen LogP contribution in [0.5, 0.6) is 0 Å². The highest BCUT2D eigenvalue weighted by molar-refractivity contribution is 5.95. The fraction of sp³-hybridized carbons (Fsp3) is 0.304. The van der Waals surface area contributed by atoms with Gasteiger partial charge in [0.1, 0.15) is 5.82 Å². The molecule has 0 aliphatic carbocycles. The van der Waals surface area contributed by atoms with Crippen LogP contribution < -0.4 is 5.32 Å². The van der Waals surface area contributed by atoms with Gasteiger partial charge in [0, 0.05) is 19.3 Å². The van der Waals surface area contributed by atoms with Gasteiger partial charge in [-0.2, -0.15) is 5.10 Å². The summed E-state index contributed by atoms with van der Waals surface area (Å²) in [6.45, 7) is 7.51. The number of hydrogen-bond donors (Lipinski definition) is 1. The molecular weight excluding hydrogens is 376 g/mol. The molecule has 0 unspecified atom stereocenters. The second-order valence-corrected chi connectivity index (χ2v) is 7.61. The predicted octanol–water partition coefficient (Wildman–Crippen LogP) is 3.87. The first kappa shape index (κ1) is 19.8. The number of pyridine rings is 1. The molecule has 7 nitrogen and oxygen atoms in total. The Hall–Kier alpha value is -3.48. The van der Waals surface area contributed by atoms with Gasteiger partial charge < -0.3 is 9.88 Å². The number of aromatic nitrogens is 5. The Bertz CT molecular complexity index is 1160. The number of benzene rings is 1. The van der Waals surface area contributed by atoms with Crippen molar-refractivity contribution >= 4 is 16.9 Å². The van der Waals surface area contributed by atoms with Crippen molar-refractivity contribution in [2.45, 2.75) is 39.7 Å². The minimum atomic E-state index is -0.104. The monoisotopic (exact) mass is 402 g/mol. The summed E-state index contributed by atoms with van der Waals surface area (Å²) in [4.78, 5) is 21.8. The van der Waals surface area contributed by atoms with Crippen molar-refractivity contribution in [3.63, 3.8) is 0 Å². The standard InChI is InChI=1S/C23H26N6O/c1-16(2)22-18(15-26-29(22)21-11-6-7-12-24-21)23(30)25-13-8-14-28-17(3)27-19-9-4-5-10-20(19)28/h4-7,9-12,15-16H,8,13-14H2,1-3H3,(H,25,30). The van der Waals surface area contributed by atoms with E-state index in [-0.39, 0.29) is 11.8 Å². The van der Waals surface area contributed by atoms with E-state index >= 15 is 0 Å². The van der Waals surface area contributed by atoms with Crippen LogP contribution in [-0.4, -0.2) is 36.8 Å². The Morgan fingerprint density at radius 3 is 2.70 bits per heavy atom. The molecule has 7 heteroatoms. The highest BCUT2D eigenvalue weighted by Crippen LogP contribution is 2.22. The van der Waals surface area contributed by atoms with Crippen molar-refractivity contribution in [2.75, 3.05) is 6.54 Å². The second kappa shape index (κ2) is 8.49. The van der Waals surface area contributed by atoms with Gasteiger partial charge in [0.25, 0.3) is 5.91 Å². The topological polar surface area (TPSA) is 77.6 Å². The van der Waals surface area contributed by atoms with Gasteiger partial charge in [-0.05, 0) is 43.5 Å². The Balaban J connectivity index is 1.43. The zero-order chi connectivity index (χ0) is 21.1. The summed E-state index contributed by atoms with van der Waals surface area (Å²) in [7, 11) is 0. The van der Waals surface area contributed by atoms with Gasteiger partial charge in [-0.1, -0.05) is 32.0 Å². The molecule has 0 radical (unpaired) electrons. The van der Waals surface area contributed by atoms with Crippen LogP contribution in [0.4, 0.5) is 0 Å². The molecule has 4 rings (SSSR count). The van der Waals surface area contributed by atoms with Crippen LogP contribution in [0.2, 0.25) is 0 Å². The summed E-state index contributed by atoms with van der Waals surface area (Å²) in [5.74, 6) is 1.73. The molecule has 3 heterocycles. The third kappa shape index (κ3) is 3.83. The lowest BCUT2D eigenvalue weighted by molar-refractivity contribution is 0.0951. The molecule has 1 amide bonds. The fourth-order valence-corrected chi connectivity index (χ4v) is 3.76. The van der Waals surface area contributed by atoms with Gasteiger partial charge in [-0.25, -0.2) is 14.6 Å². The maximum atomic E-state index is 12.9. The summed E-state index contributed by atoms with van der Waals surface area (Å²) in [6, 6.07) is 13.8. The predicted molar refractivity (Wildman–Crippen MR) is 117 cm³/mol. The van der Waals surface area contributed by atoms with Crippen molar-refractivity contribution in [1.29, 1.82) is 0 Å². The Morgan fingerprint density at radius 1 is 1.13 bits per heavy atom. The number of fused-ring (bicyclic) bond motifs is 1. The van der Waals surface area contributed by atoms with Crippen LogP contribution in [0.15, 0.2) is 54.9 Å². The number of hydrogen-bond acceptors (Lipinski definition) is 4. The zero-order valence-corrected chi connectivity index (χ0v) is 17.5. The zero-order valence-electron chi connectivity index (χ0n) is 17.5. The van der Waals surface area contributed by atoms with E-state index in [0.29, 0.717) is 17.9 Å². The number of para-hydroxylation sites is 2. The third-order valence-corrected chi connectivity index (χ3v) is 5.15. The van der Waals surface area contributed by atoms with E-state index in [1.54, 1.807) is 17.1 Å². The molecule has 0 bridgehead atoms. The molecule has 1 N–H and O–H groups in total. The molecule has 0 saturated heterocycles. The van der Waals surface area contributed by atoms with Crippen LogP contribution in [0, 0.1) is 6.92 Å². The number of carbonyl (C=O) groups excluding carboxylic acids is 1. The van der Waals surface area contributed by atoms with Gasteiger partial charge in [0.05, 0.1) is 28.5 Å². The smallest absolute Gasteiger partial charge is 0.254 e. The average molecular weight is 403 g/mol. The number of imidazole rings is 1. The summed E-state index contributed by atoms with van der Waals surface area (Å²) in [5.41, 5.74) is 3.59. The Labute approximate surface area is 175 Å². The van der Waals surface area contributed by atoms with E-state index in [0.717, 1.165) is 35.5 Å². The van der Waals surface area contributed by atoms with Crippen LogP contribution in [0.25, 0.3) is 16.9 Å². The molecule has 0 spiro atoms. The van der Waals surface area contributed by atoms with Crippen molar-refractivity contribution in [1.82, 2.24) is 29.6 Å². The number of carbonyl (C=O) groups is 1. The van der Waals surface area contributed by atoms with Crippen molar-refractivity contribution in [3.8, 4) is 5.82 Å². The highest BCUT2D eigenvalue weighted by Gasteiger charge is 2.21. The first-order valence-electron chi connectivity index (χ1n) is 10.3. The minimum Gasteiger partial charge on any atom is -0.352 e. The molecule has 1 aromatic carbocycles. The van der Waals surface area contributed by atoms with Crippen molar-refractivity contribution < 1.29 is 4.79 Å². The maximum Gasteiger partial charge on any atom is 0.254 e. The van der Waals surface area contributed by atoms with Crippen LogP contribution >= 0.6 is 0 Å². The van der Waals surface area contributed by atoms with E-state index in [9.17, 15) is 4.79 Å². The van der Waals surface area contributed by atoms with Crippen LogP contribution in [-0.2, 0) is 6.54 Å². The molecule has 0 aliphatic rings. The van der Waals surface area contributed by atoms with Crippen LogP contribution in [0.3, 0.4) is 0 Å². The number of nitrogens with zero attached hydrogens (tertiary/aromatic N) is 5. The summed E-state index contributed by atoms with van der Waals surface area (Å²) in [5, 5.41) is 7.47. The van der Waals surface area contributed by atoms with Gasteiger partial charge in [0.15, 0.2) is 5.82 Å². The molecule has 3 aromatic heterocycles. The van der Waals surface area contributed by atoms with Gasteiger partial charge in [-0.15, -0.1) is 0 Å². The average Bonchev–Trinajstić information content (AvgIpc) is 3.33. The maximum absolute atomic E-state index is 12.9. The minimum absolute atomic E-state index is 0.104. The summed E-state index contributed by atoms with van der Waals surface area (Å²) >= 11 is 0. The number of amides is 1. The highest BCUT2D eigenvalue weighted by atomic mass is 16.1. The fourth-order valence-electron chi connectivity index (χ4n) is 3.76.